The zero-order valence-electron chi connectivity index (χ0n) is 22.5. The molecule has 2 nitrogen and oxygen atoms in total. The minimum absolute atomic E-state index is 0.321. The van der Waals surface area contributed by atoms with E-state index in [1.807, 2.05) is 0 Å². The van der Waals surface area contributed by atoms with Gasteiger partial charge in [-0.05, 0) is 54.3 Å². The first-order chi connectivity index (χ1) is 15.0. The molecule has 0 fully saturated rings. The summed E-state index contributed by atoms with van der Waals surface area (Å²) in [7, 11) is 0. The molecule has 0 heterocycles. The quantitative estimate of drug-likeness (QED) is 0.187. The first kappa shape index (κ1) is 31.0. The lowest BCUT2D eigenvalue weighted by molar-refractivity contribution is 0.0577. The summed E-state index contributed by atoms with van der Waals surface area (Å²) in [4.78, 5) is 0. The van der Waals surface area contributed by atoms with E-state index >= 15 is 0 Å². The minimum atomic E-state index is -0.608. The highest BCUT2D eigenvalue weighted by atomic mass is 16.3. The van der Waals surface area contributed by atoms with Crippen molar-refractivity contribution in [3.63, 3.8) is 0 Å². The van der Waals surface area contributed by atoms with Crippen LogP contribution in [0.4, 0.5) is 0 Å². The summed E-state index contributed by atoms with van der Waals surface area (Å²) in [6.07, 6.45) is 14.8. The average molecular weight is 447 g/mol. The first-order valence-electron chi connectivity index (χ1n) is 13.4. The Hall–Kier alpha value is -0.960. The van der Waals surface area contributed by atoms with Gasteiger partial charge in [-0.2, -0.15) is 0 Å². The molecule has 0 rings (SSSR count). The smallest absolute Gasteiger partial charge is 0.115 e. The van der Waals surface area contributed by atoms with Crippen molar-refractivity contribution in [2.75, 3.05) is 0 Å². The molecule has 0 amide bonds. The van der Waals surface area contributed by atoms with Crippen molar-refractivity contribution in [3.05, 3.63) is 0 Å². The van der Waals surface area contributed by atoms with Gasteiger partial charge in [0.1, 0.15) is 12.2 Å². The van der Waals surface area contributed by atoms with Gasteiger partial charge >= 0.3 is 0 Å². The van der Waals surface area contributed by atoms with Crippen LogP contribution in [0.2, 0.25) is 0 Å². The van der Waals surface area contributed by atoms with Crippen LogP contribution in [0.1, 0.15) is 138 Å². The maximum Gasteiger partial charge on any atom is 0.115 e. The lowest BCUT2D eigenvalue weighted by atomic mass is 9.61. The lowest BCUT2D eigenvalue weighted by Crippen LogP contribution is -2.35. The number of aliphatic hydroxyl groups is 2. The average Bonchev–Trinajstić information content (AvgIpc) is 2.72. The van der Waals surface area contributed by atoms with E-state index in [9.17, 15) is 10.2 Å². The second-order valence-corrected chi connectivity index (χ2v) is 11.3. The molecule has 2 N–H and O–H groups in total. The molecule has 0 saturated heterocycles. The van der Waals surface area contributed by atoms with Gasteiger partial charge in [0.15, 0.2) is 0 Å². The fraction of sp³-hybridized carbons (Fsp3) is 0.867. The summed E-state index contributed by atoms with van der Waals surface area (Å²) >= 11 is 0. The summed E-state index contributed by atoms with van der Waals surface area (Å²) in [5.74, 6) is 11.7. The van der Waals surface area contributed by atoms with E-state index in [1.165, 1.54) is 57.8 Å². The van der Waals surface area contributed by atoms with Gasteiger partial charge in [0.2, 0.25) is 0 Å². The number of hydrogen-bond donors (Lipinski definition) is 2. The van der Waals surface area contributed by atoms with Gasteiger partial charge in [0.25, 0.3) is 0 Å². The van der Waals surface area contributed by atoms with Crippen LogP contribution in [-0.2, 0) is 0 Å². The van der Waals surface area contributed by atoms with Gasteiger partial charge in [-0.1, -0.05) is 125 Å². The van der Waals surface area contributed by atoms with Gasteiger partial charge in [-0.3, -0.25) is 0 Å². The van der Waals surface area contributed by atoms with Gasteiger partial charge < -0.3 is 10.2 Å². The monoisotopic (exact) mass is 446 g/mol. The second-order valence-electron chi connectivity index (χ2n) is 11.3. The normalized spacial score (nSPS) is 14.7. The third kappa shape index (κ3) is 15.0. The zero-order valence-corrected chi connectivity index (χ0v) is 22.5. The standard InChI is InChI=1S/C30H54O2/c1-8-9-10-11-12-13-17-22-27(31)24-19-20-25-28(32)23-18-15-14-16-21-26(2)30(6,7)29(3,4)5/h26-28,31-32H,8-18,21-23H2,1-7H3. The maximum absolute atomic E-state index is 10.0. The van der Waals surface area contributed by atoms with Crippen LogP contribution < -0.4 is 0 Å². The molecule has 2 heteroatoms. The highest BCUT2D eigenvalue weighted by molar-refractivity contribution is 5.28. The Morgan fingerprint density at radius 3 is 1.38 bits per heavy atom. The SMILES string of the molecule is CCCCCCCCCC(O)C#CC#CC(O)CCCCCCC(C)C(C)(C)C(C)(C)C. The van der Waals surface area contributed by atoms with Crippen molar-refractivity contribution >= 4 is 0 Å². The van der Waals surface area contributed by atoms with Crippen LogP contribution in [0.3, 0.4) is 0 Å². The molecular formula is C30H54O2. The summed E-state index contributed by atoms with van der Waals surface area (Å²) in [6, 6.07) is 0. The second kappa shape index (κ2) is 17.5. The molecule has 0 aromatic rings. The molecule has 3 unspecified atom stereocenters. The molecule has 0 aliphatic rings. The summed E-state index contributed by atoms with van der Waals surface area (Å²) in [5.41, 5.74) is 0.656. The molecule has 3 atom stereocenters. The van der Waals surface area contributed by atoms with Crippen LogP contribution >= 0.6 is 0 Å². The Balaban J connectivity index is 3.88. The number of unbranched alkanes of at least 4 members (excludes halogenated alkanes) is 9. The van der Waals surface area contributed by atoms with Crippen LogP contribution in [0.15, 0.2) is 0 Å². The largest absolute Gasteiger partial charge is 0.380 e. The van der Waals surface area contributed by atoms with Crippen LogP contribution in [0.5, 0.6) is 0 Å². The highest BCUT2D eigenvalue weighted by Gasteiger charge is 2.36. The van der Waals surface area contributed by atoms with E-state index in [4.69, 9.17) is 0 Å². The van der Waals surface area contributed by atoms with E-state index in [-0.39, 0.29) is 0 Å². The Morgan fingerprint density at radius 2 is 0.969 bits per heavy atom. The van der Waals surface area contributed by atoms with Crippen molar-refractivity contribution in [3.8, 4) is 23.7 Å². The minimum Gasteiger partial charge on any atom is -0.380 e. The molecule has 0 radical (unpaired) electrons. The first-order valence-corrected chi connectivity index (χ1v) is 13.4. The molecule has 186 valence electrons. The molecule has 0 aromatic heterocycles. The molecule has 0 aliphatic carbocycles. The lowest BCUT2D eigenvalue weighted by Gasteiger charge is -2.44. The van der Waals surface area contributed by atoms with Gasteiger partial charge in [-0.15, -0.1) is 0 Å². The van der Waals surface area contributed by atoms with E-state index in [1.54, 1.807) is 0 Å². The third-order valence-electron chi connectivity index (χ3n) is 7.65. The highest BCUT2D eigenvalue weighted by Crippen LogP contribution is 2.45. The van der Waals surface area contributed by atoms with E-state index in [0.29, 0.717) is 23.2 Å². The zero-order chi connectivity index (χ0) is 24.5. The molecule has 32 heavy (non-hydrogen) atoms. The van der Waals surface area contributed by atoms with Crippen molar-refractivity contribution in [2.45, 2.75) is 151 Å². The van der Waals surface area contributed by atoms with Crippen molar-refractivity contribution in [1.29, 1.82) is 0 Å². The van der Waals surface area contributed by atoms with Crippen molar-refractivity contribution in [2.24, 2.45) is 16.7 Å². The van der Waals surface area contributed by atoms with Crippen molar-refractivity contribution < 1.29 is 10.2 Å². The van der Waals surface area contributed by atoms with Gasteiger partial charge in [0, 0.05) is 0 Å². The topological polar surface area (TPSA) is 40.5 Å². The summed E-state index contributed by atoms with van der Waals surface area (Å²) in [5, 5.41) is 19.9. The van der Waals surface area contributed by atoms with Crippen LogP contribution in [0, 0.1) is 40.4 Å². The Morgan fingerprint density at radius 1 is 0.594 bits per heavy atom. The maximum atomic E-state index is 10.0. The van der Waals surface area contributed by atoms with Gasteiger partial charge in [-0.25, -0.2) is 0 Å². The number of aliphatic hydroxyl groups excluding tert-OH is 2. The molecule has 0 bridgehead atoms. The van der Waals surface area contributed by atoms with Crippen molar-refractivity contribution in [1.82, 2.24) is 0 Å². The fourth-order valence-electron chi connectivity index (χ4n) is 3.92. The molecule has 0 aromatic carbocycles. The summed E-state index contributed by atoms with van der Waals surface area (Å²) in [6.45, 7) is 16.4. The number of rotatable bonds is 16. The Labute approximate surface area is 201 Å². The van der Waals surface area contributed by atoms with E-state index in [2.05, 4.69) is 72.1 Å². The number of hydrogen-bond acceptors (Lipinski definition) is 2. The molecule has 0 saturated carbocycles. The molecular weight excluding hydrogens is 392 g/mol. The Kier molecular flexibility index (Phi) is 17.0. The molecule has 0 spiro atoms. The van der Waals surface area contributed by atoms with E-state index < -0.39 is 12.2 Å². The predicted molar refractivity (Wildman–Crippen MR) is 140 cm³/mol. The summed E-state index contributed by atoms with van der Waals surface area (Å²) < 4.78 is 0. The fourth-order valence-corrected chi connectivity index (χ4v) is 3.92. The van der Waals surface area contributed by atoms with Gasteiger partial charge in [0.05, 0.1) is 0 Å². The van der Waals surface area contributed by atoms with E-state index in [0.717, 1.165) is 25.7 Å². The van der Waals surface area contributed by atoms with Crippen LogP contribution in [-0.4, -0.2) is 22.4 Å². The third-order valence-corrected chi connectivity index (χ3v) is 7.65. The Bertz CT molecular complexity index is 576. The predicted octanol–water partition coefficient (Wildman–Crippen LogP) is 7.90. The molecule has 0 aliphatic heterocycles. The van der Waals surface area contributed by atoms with Crippen LogP contribution in [0.25, 0.3) is 0 Å².